The highest BCUT2D eigenvalue weighted by Crippen LogP contribution is 2.34. The second-order valence-electron chi connectivity index (χ2n) is 6.87. The van der Waals surface area contributed by atoms with Crippen LogP contribution in [0.1, 0.15) is 19.3 Å². The van der Waals surface area contributed by atoms with Crippen LogP contribution in [0, 0.1) is 11.7 Å². The van der Waals surface area contributed by atoms with Gasteiger partial charge in [0.2, 0.25) is 12.7 Å². The van der Waals surface area contributed by atoms with Gasteiger partial charge in [-0.2, -0.15) is 0 Å². The summed E-state index contributed by atoms with van der Waals surface area (Å²) in [6.45, 7) is 0.175. The molecule has 1 aliphatic carbocycles. The zero-order valence-electron chi connectivity index (χ0n) is 15.0. The fourth-order valence-corrected chi connectivity index (χ4v) is 3.46. The minimum Gasteiger partial charge on any atom is -0.454 e. The highest BCUT2D eigenvalue weighted by molar-refractivity contribution is 5.93. The van der Waals surface area contributed by atoms with E-state index in [4.69, 9.17) is 9.47 Å². The zero-order chi connectivity index (χ0) is 19.5. The zero-order valence-corrected chi connectivity index (χ0v) is 15.0. The second kappa shape index (κ2) is 7.75. The molecule has 2 aliphatic rings. The van der Waals surface area contributed by atoms with Gasteiger partial charge in [0, 0.05) is 29.4 Å². The first kappa shape index (κ1) is 18.1. The minimum atomic E-state index is -0.350. The van der Waals surface area contributed by atoms with E-state index < -0.39 is 0 Å². The molecule has 0 spiro atoms. The molecule has 2 aromatic carbocycles. The first-order chi connectivity index (χ1) is 13.6. The summed E-state index contributed by atoms with van der Waals surface area (Å²) >= 11 is 0. The van der Waals surface area contributed by atoms with E-state index in [-0.39, 0.29) is 36.5 Å². The van der Waals surface area contributed by atoms with Gasteiger partial charge >= 0.3 is 6.03 Å². The molecule has 7 nitrogen and oxygen atoms in total. The number of ether oxygens (including phenoxy) is 2. The molecule has 1 saturated carbocycles. The average Bonchev–Trinajstić information content (AvgIpc) is 3.32. The first-order valence-electron chi connectivity index (χ1n) is 9.10. The topological polar surface area (TPSA) is 88.7 Å². The van der Waals surface area contributed by atoms with E-state index in [0.29, 0.717) is 35.7 Å². The van der Waals surface area contributed by atoms with Gasteiger partial charge in [-0.15, -0.1) is 0 Å². The Morgan fingerprint density at radius 2 is 1.68 bits per heavy atom. The molecule has 3 N–H and O–H groups in total. The van der Waals surface area contributed by atoms with Crippen molar-refractivity contribution in [2.45, 2.75) is 25.3 Å². The molecule has 0 aromatic heterocycles. The Hall–Kier alpha value is -3.29. The summed E-state index contributed by atoms with van der Waals surface area (Å²) in [6, 6.07) is 10.4. The van der Waals surface area contributed by atoms with Crippen LogP contribution in [-0.4, -0.2) is 24.8 Å². The molecule has 146 valence electrons. The number of urea groups is 1. The van der Waals surface area contributed by atoms with E-state index in [0.717, 1.165) is 6.42 Å². The molecule has 1 heterocycles. The third kappa shape index (κ3) is 4.16. The highest BCUT2D eigenvalue weighted by atomic mass is 19.1. The summed E-state index contributed by atoms with van der Waals surface area (Å²) < 4.78 is 23.5. The Kier molecular flexibility index (Phi) is 5.01. The SMILES string of the molecule is O=C(Nc1ccc2c(c1)OCO2)N[C@@H]1CC[C@H](C(=O)Nc2ccc(F)cc2)C1. The molecular formula is C20H20FN3O4. The molecule has 1 aliphatic heterocycles. The molecule has 0 unspecified atom stereocenters. The van der Waals surface area contributed by atoms with Crippen LogP contribution < -0.4 is 25.4 Å². The van der Waals surface area contributed by atoms with Gasteiger partial charge < -0.3 is 25.4 Å². The lowest BCUT2D eigenvalue weighted by Gasteiger charge is -2.14. The van der Waals surface area contributed by atoms with Crippen molar-refractivity contribution in [3.05, 3.63) is 48.3 Å². The predicted molar refractivity (Wildman–Crippen MR) is 101 cm³/mol. The maximum absolute atomic E-state index is 12.9. The number of fused-ring (bicyclic) bond motifs is 1. The van der Waals surface area contributed by atoms with E-state index in [9.17, 15) is 14.0 Å². The molecule has 0 saturated heterocycles. The van der Waals surface area contributed by atoms with Crippen LogP contribution in [0.25, 0.3) is 0 Å². The number of nitrogens with one attached hydrogen (secondary N) is 3. The van der Waals surface area contributed by atoms with Crippen LogP contribution in [0.15, 0.2) is 42.5 Å². The van der Waals surface area contributed by atoms with Crippen molar-refractivity contribution >= 4 is 23.3 Å². The van der Waals surface area contributed by atoms with Crippen molar-refractivity contribution < 1.29 is 23.5 Å². The van der Waals surface area contributed by atoms with Crippen molar-refractivity contribution in [1.82, 2.24) is 5.32 Å². The number of amides is 3. The third-order valence-electron chi connectivity index (χ3n) is 4.88. The van der Waals surface area contributed by atoms with Crippen molar-refractivity contribution in [3.8, 4) is 11.5 Å². The van der Waals surface area contributed by atoms with Crippen molar-refractivity contribution in [2.24, 2.45) is 5.92 Å². The molecule has 3 amide bonds. The summed E-state index contributed by atoms with van der Waals surface area (Å²) in [7, 11) is 0. The van der Waals surface area contributed by atoms with Crippen LogP contribution in [-0.2, 0) is 4.79 Å². The van der Waals surface area contributed by atoms with Gasteiger partial charge in [0.05, 0.1) is 0 Å². The molecule has 4 rings (SSSR count). The summed E-state index contributed by atoms with van der Waals surface area (Å²) in [5, 5.41) is 8.45. The highest BCUT2D eigenvalue weighted by Gasteiger charge is 2.31. The summed E-state index contributed by atoms with van der Waals surface area (Å²) in [6.07, 6.45) is 1.96. The van der Waals surface area contributed by atoms with Gasteiger partial charge in [0.1, 0.15) is 5.82 Å². The molecule has 28 heavy (non-hydrogen) atoms. The lowest BCUT2D eigenvalue weighted by molar-refractivity contribution is -0.119. The van der Waals surface area contributed by atoms with Crippen molar-refractivity contribution in [2.75, 3.05) is 17.4 Å². The first-order valence-corrected chi connectivity index (χ1v) is 9.10. The molecule has 2 atom stereocenters. The van der Waals surface area contributed by atoms with Crippen molar-refractivity contribution in [1.29, 1.82) is 0 Å². The maximum atomic E-state index is 12.9. The maximum Gasteiger partial charge on any atom is 0.319 e. The van der Waals surface area contributed by atoms with Gasteiger partial charge in [0.15, 0.2) is 11.5 Å². The quantitative estimate of drug-likeness (QED) is 0.752. The Bertz CT molecular complexity index is 888. The normalized spacial score (nSPS) is 19.9. The van der Waals surface area contributed by atoms with E-state index in [1.54, 1.807) is 18.2 Å². The largest absolute Gasteiger partial charge is 0.454 e. The molecule has 0 radical (unpaired) electrons. The van der Waals surface area contributed by atoms with Crippen molar-refractivity contribution in [3.63, 3.8) is 0 Å². The van der Waals surface area contributed by atoms with Gasteiger partial charge in [-0.05, 0) is 55.7 Å². The summed E-state index contributed by atoms with van der Waals surface area (Å²) in [5.41, 5.74) is 1.16. The fourth-order valence-electron chi connectivity index (χ4n) is 3.46. The van der Waals surface area contributed by atoms with Crippen LogP contribution in [0.2, 0.25) is 0 Å². The number of carbonyl (C=O) groups excluding carboxylic acids is 2. The Morgan fingerprint density at radius 3 is 2.50 bits per heavy atom. The number of anilines is 2. The van der Waals surface area contributed by atoms with Crippen LogP contribution in [0.3, 0.4) is 0 Å². The number of benzene rings is 2. The van der Waals surface area contributed by atoms with Gasteiger partial charge in [0.25, 0.3) is 0 Å². The number of hydrogen-bond donors (Lipinski definition) is 3. The molecule has 0 bridgehead atoms. The number of rotatable bonds is 4. The average molecular weight is 385 g/mol. The Labute approximate surface area is 161 Å². The van der Waals surface area contributed by atoms with Gasteiger partial charge in [-0.25, -0.2) is 9.18 Å². The Morgan fingerprint density at radius 1 is 0.929 bits per heavy atom. The predicted octanol–water partition coefficient (Wildman–Crippen LogP) is 3.48. The van der Waals surface area contributed by atoms with E-state index in [1.807, 2.05) is 0 Å². The smallest absolute Gasteiger partial charge is 0.319 e. The summed E-state index contributed by atoms with van der Waals surface area (Å²) in [5.74, 6) is 0.581. The number of hydrogen-bond acceptors (Lipinski definition) is 4. The lowest BCUT2D eigenvalue weighted by atomic mass is 10.1. The Balaban J connectivity index is 1.26. The fraction of sp³-hybridized carbons (Fsp3) is 0.300. The minimum absolute atomic E-state index is 0.0852. The standard InChI is InChI=1S/C20H20FN3O4/c21-13-2-5-14(6-3-13)22-19(25)12-1-4-15(9-12)23-20(26)24-16-7-8-17-18(10-16)28-11-27-17/h2-3,5-8,10,12,15H,1,4,9,11H2,(H,22,25)(H2,23,24,26)/t12-,15+/m0/s1. The molecule has 8 heteroatoms. The van der Waals surface area contributed by atoms with Gasteiger partial charge in [-0.1, -0.05) is 0 Å². The second-order valence-corrected chi connectivity index (χ2v) is 6.87. The van der Waals surface area contributed by atoms with Gasteiger partial charge in [-0.3, -0.25) is 4.79 Å². The van der Waals surface area contributed by atoms with Crippen LogP contribution in [0.5, 0.6) is 11.5 Å². The van der Waals surface area contributed by atoms with E-state index in [1.165, 1.54) is 24.3 Å². The van der Waals surface area contributed by atoms with E-state index >= 15 is 0 Å². The third-order valence-corrected chi connectivity index (χ3v) is 4.88. The van der Waals surface area contributed by atoms with Crippen LogP contribution >= 0.6 is 0 Å². The molecular weight excluding hydrogens is 365 g/mol. The van der Waals surface area contributed by atoms with E-state index in [2.05, 4.69) is 16.0 Å². The number of carbonyl (C=O) groups is 2. The molecule has 1 fully saturated rings. The summed E-state index contributed by atoms with van der Waals surface area (Å²) in [4.78, 5) is 24.6. The number of halogens is 1. The molecule has 2 aromatic rings. The van der Waals surface area contributed by atoms with Crippen LogP contribution in [0.4, 0.5) is 20.6 Å². The lowest BCUT2D eigenvalue weighted by Crippen LogP contribution is -2.37. The monoisotopic (exact) mass is 385 g/mol.